The standard InChI is InChI=1S/C27H32F2N6O4S.C6H12/c1-17(24(28)29)14-19-15-30-27(34-25(19)31-16-36)32-20-8-10-35(11-9-20)40-13-12-39-21-4-2-18(3-5-21)22-6-7-23(37)33-26(22)38;1-6-4-2-3-5-6/h2-5,14-16,20,22,24H,6-13H2,1H3,(H,33,37,38)(H2,30,31,32,34,36);6H,2-5H2,1H3/b17-14+;. The molecule has 250 valence electrons. The number of amides is 3. The first-order chi connectivity index (χ1) is 22.2. The fourth-order valence-corrected chi connectivity index (χ4v) is 6.51. The Kier molecular flexibility index (Phi) is 13.8. The molecule has 1 aromatic heterocycles. The van der Waals surface area contributed by atoms with Crippen LogP contribution in [0.1, 0.15) is 82.3 Å². The van der Waals surface area contributed by atoms with Crippen molar-refractivity contribution in [3.63, 3.8) is 0 Å². The number of piperidine rings is 2. The number of hydrogen-bond acceptors (Lipinski definition) is 9. The molecular weight excluding hydrogens is 614 g/mol. The Balaban J connectivity index is 0.000000717. The Morgan fingerprint density at radius 3 is 2.46 bits per heavy atom. The maximum absolute atomic E-state index is 12.9. The highest BCUT2D eigenvalue weighted by Crippen LogP contribution is 2.27. The number of rotatable bonds is 12. The molecule has 13 heteroatoms. The van der Waals surface area contributed by atoms with Gasteiger partial charge in [-0.15, -0.1) is 0 Å². The molecule has 1 unspecified atom stereocenters. The molecular formula is C33H44F2N6O4S. The van der Waals surface area contributed by atoms with Gasteiger partial charge in [0.05, 0.1) is 12.5 Å². The van der Waals surface area contributed by atoms with Gasteiger partial charge in [-0.25, -0.2) is 13.8 Å². The Hall–Kier alpha value is -3.58. The van der Waals surface area contributed by atoms with Crippen molar-refractivity contribution in [3.8, 4) is 5.75 Å². The van der Waals surface area contributed by atoms with E-state index in [-0.39, 0.29) is 35.2 Å². The highest BCUT2D eigenvalue weighted by Gasteiger charge is 2.28. The summed E-state index contributed by atoms with van der Waals surface area (Å²) in [5.41, 5.74) is 1.05. The molecule has 2 saturated heterocycles. The largest absolute Gasteiger partial charge is 0.493 e. The van der Waals surface area contributed by atoms with Crippen molar-refractivity contribution in [3.05, 3.63) is 47.2 Å². The number of ether oxygens (including phenoxy) is 1. The van der Waals surface area contributed by atoms with Gasteiger partial charge in [0.2, 0.25) is 24.2 Å². The van der Waals surface area contributed by atoms with E-state index in [2.05, 4.69) is 37.1 Å². The number of nitrogens with one attached hydrogen (secondary N) is 3. The van der Waals surface area contributed by atoms with E-state index in [1.807, 2.05) is 24.3 Å². The third-order valence-electron chi connectivity index (χ3n) is 8.32. The first-order valence-electron chi connectivity index (χ1n) is 16.0. The molecule has 1 atom stereocenters. The summed E-state index contributed by atoms with van der Waals surface area (Å²) < 4.78 is 33.9. The summed E-state index contributed by atoms with van der Waals surface area (Å²) in [6, 6.07) is 7.58. The number of benzene rings is 1. The van der Waals surface area contributed by atoms with Crippen LogP contribution in [0.4, 0.5) is 20.5 Å². The predicted molar refractivity (Wildman–Crippen MR) is 177 cm³/mol. The maximum atomic E-state index is 12.9. The topological polar surface area (TPSA) is 126 Å². The fraction of sp³-hybridized carbons (Fsp3) is 0.545. The summed E-state index contributed by atoms with van der Waals surface area (Å²) >= 11 is 1.72. The van der Waals surface area contributed by atoms with E-state index in [4.69, 9.17) is 4.74 Å². The van der Waals surface area contributed by atoms with Gasteiger partial charge in [0.1, 0.15) is 11.6 Å². The molecule has 5 rings (SSSR count). The van der Waals surface area contributed by atoms with Crippen molar-refractivity contribution in [2.45, 2.75) is 83.6 Å². The second-order valence-corrected chi connectivity index (χ2v) is 13.1. The molecule has 2 aromatic rings. The zero-order valence-electron chi connectivity index (χ0n) is 26.5. The monoisotopic (exact) mass is 658 g/mol. The molecule has 46 heavy (non-hydrogen) atoms. The third kappa shape index (κ3) is 11.0. The molecule has 3 amide bonds. The Morgan fingerprint density at radius 1 is 1.13 bits per heavy atom. The molecule has 1 aromatic carbocycles. The van der Waals surface area contributed by atoms with Crippen LogP contribution in [0.2, 0.25) is 0 Å². The van der Waals surface area contributed by atoms with Gasteiger partial charge >= 0.3 is 0 Å². The normalized spacial score (nSPS) is 19.8. The van der Waals surface area contributed by atoms with Crippen molar-refractivity contribution in [2.75, 3.05) is 36.1 Å². The van der Waals surface area contributed by atoms with Gasteiger partial charge in [-0.1, -0.05) is 56.7 Å². The lowest BCUT2D eigenvalue weighted by Crippen LogP contribution is -2.39. The van der Waals surface area contributed by atoms with Crippen molar-refractivity contribution in [1.29, 1.82) is 0 Å². The van der Waals surface area contributed by atoms with E-state index in [1.165, 1.54) is 44.9 Å². The number of nitrogens with zero attached hydrogens (tertiary/aromatic N) is 3. The van der Waals surface area contributed by atoms with Crippen LogP contribution in [-0.2, 0) is 14.4 Å². The number of anilines is 2. The smallest absolute Gasteiger partial charge is 0.259 e. The van der Waals surface area contributed by atoms with Crippen molar-refractivity contribution >= 4 is 48.0 Å². The molecule has 0 bridgehead atoms. The van der Waals surface area contributed by atoms with E-state index in [0.29, 0.717) is 37.4 Å². The molecule has 2 aliphatic heterocycles. The van der Waals surface area contributed by atoms with Crippen molar-refractivity contribution in [1.82, 2.24) is 19.6 Å². The minimum absolute atomic E-state index is 0.142. The van der Waals surface area contributed by atoms with E-state index >= 15 is 0 Å². The lowest BCUT2D eigenvalue weighted by atomic mass is 9.90. The molecule has 10 nitrogen and oxygen atoms in total. The minimum Gasteiger partial charge on any atom is -0.493 e. The highest BCUT2D eigenvalue weighted by atomic mass is 32.2. The number of allylic oxidation sites excluding steroid dienone is 1. The summed E-state index contributed by atoms with van der Waals surface area (Å²) in [6.45, 7) is 5.90. The number of carbonyl (C=O) groups is 3. The van der Waals surface area contributed by atoms with Crippen LogP contribution in [0.25, 0.3) is 6.08 Å². The van der Waals surface area contributed by atoms with E-state index in [9.17, 15) is 23.2 Å². The average Bonchev–Trinajstić information content (AvgIpc) is 3.53. The fourth-order valence-electron chi connectivity index (χ4n) is 5.62. The first-order valence-corrected chi connectivity index (χ1v) is 16.9. The second-order valence-electron chi connectivity index (χ2n) is 11.9. The minimum atomic E-state index is -2.60. The second kappa shape index (κ2) is 17.9. The van der Waals surface area contributed by atoms with Crippen LogP contribution < -0.4 is 20.7 Å². The highest BCUT2D eigenvalue weighted by molar-refractivity contribution is 7.97. The van der Waals surface area contributed by atoms with Crippen LogP contribution in [0.15, 0.2) is 36.0 Å². The number of aromatic nitrogens is 2. The summed E-state index contributed by atoms with van der Waals surface area (Å²) in [5.74, 6) is 2.29. The van der Waals surface area contributed by atoms with Crippen molar-refractivity contribution in [2.24, 2.45) is 5.92 Å². The maximum Gasteiger partial charge on any atom is 0.259 e. The van der Waals surface area contributed by atoms with Gasteiger partial charge in [0.15, 0.2) is 0 Å². The molecule has 3 heterocycles. The first kappa shape index (κ1) is 35.3. The van der Waals surface area contributed by atoms with Gasteiger partial charge < -0.3 is 15.4 Å². The average molecular weight is 659 g/mol. The lowest BCUT2D eigenvalue weighted by Gasteiger charge is -2.31. The number of alkyl halides is 2. The molecule has 3 aliphatic rings. The van der Waals surface area contributed by atoms with Gasteiger partial charge in [-0.2, -0.15) is 4.98 Å². The number of carbonyl (C=O) groups excluding carboxylic acids is 3. The molecule has 3 fully saturated rings. The Labute approximate surface area is 273 Å². The Morgan fingerprint density at radius 2 is 1.85 bits per heavy atom. The van der Waals surface area contributed by atoms with Crippen LogP contribution in [0.5, 0.6) is 5.75 Å². The van der Waals surface area contributed by atoms with E-state index in [1.54, 1.807) is 11.9 Å². The molecule has 1 saturated carbocycles. The number of imide groups is 1. The van der Waals surface area contributed by atoms with Crippen LogP contribution in [0.3, 0.4) is 0 Å². The van der Waals surface area contributed by atoms with Gasteiger partial charge in [-0.05, 0) is 61.4 Å². The van der Waals surface area contributed by atoms with Crippen molar-refractivity contribution < 1.29 is 27.9 Å². The summed E-state index contributed by atoms with van der Waals surface area (Å²) in [5, 5.41) is 8.11. The molecule has 1 aliphatic carbocycles. The zero-order chi connectivity index (χ0) is 32.9. The van der Waals surface area contributed by atoms with Crippen LogP contribution >= 0.6 is 11.9 Å². The molecule has 0 spiro atoms. The summed E-state index contributed by atoms with van der Waals surface area (Å²) in [6.07, 6.45) is 9.07. The van der Waals surface area contributed by atoms with Gasteiger partial charge in [-0.3, -0.25) is 24.0 Å². The Bertz CT molecular complexity index is 1330. The van der Waals surface area contributed by atoms with Gasteiger partial charge in [0, 0.05) is 43.1 Å². The van der Waals surface area contributed by atoms with Crippen LogP contribution in [0, 0.1) is 5.92 Å². The quantitative estimate of drug-likeness (QED) is 0.108. The number of halogens is 2. The third-order valence-corrected chi connectivity index (χ3v) is 9.40. The summed E-state index contributed by atoms with van der Waals surface area (Å²) in [4.78, 5) is 42.9. The molecule has 3 N–H and O–H groups in total. The molecule has 0 radical (unpaired) electrons. The van der Waals surface area contributed by atoms with Gasteiger partial charge in [0.25, 0.3) is 6.43 Å². The lowest BCUT2D eigenvalue weighted by molar-refractivity contribution is -0.134. The van der Waals surface area contributed by atoms with E-state index < -0.39 is 6.43 Å². The number of hydrogen-bond donors (Lipinski definition) is 3. The van der Waals surface area contributed by atoms with E-state index in [0.717, 1.165) is 48.9 Å². The van der Waals surface area contributed by atoms with Crippen LogP contribution in [-0.4, -0.2) is 70.4 Å². The zero-order valence-corrected chi connectivity index (χ0v) is 27.3. The SMILES string of the molecule is C/C(=C\c1cnc(NC2CCN(SCCOc3ccc(C4CCC(=O)NC4=O)cc3)CC2)nc1NC=O)C(F)F.CC1CCCC1. The summed E-state index contributed by atoms with van der Waals surface area (Å²) in [7, 11) is 0. The predicted octanol–water partition coefficient (Wildman–Crippen LogP) is 6.03.